The van der Waals surface area contributed by atoms with Crippen LogP contribution < -0.4 is 10.1 Å². The van der Waals surface area contributed by atoms with Crippen molar-refractivity contribution in [3.05, 3.63) is 29.6 Å². The fourth-order valence-corrected chi connectivity index (χ4v) is 1.43. The summed E-state index contributed by atoms with van der Waals surface area (Å²) in [5.41, 5.74) is 0.579. The highest BCUT2D eigenvalue weighted by Crippen LogP contribution is 2.17. The van der Waals surface area contributed by atoms with Crippen LogP contribution >= 0.6 is 0 Å². The van der Waals surface area contributed by atoms with Crippen molar-refractivity contribution in [1.82, 2.24) is 5.32 Å². The Bertz CT molecular complexity index is 462. The predicted molar refractivity (Wildman–Crippen MR) is 66.0 cm³/mol. The van der Waals surface area contributed by atoms with Crippen molar-refractivity contribution in [2.24, 2.45) is 0 Å². The number of nitrogens with one attached hydrogen (secondary N) is 1. The Hall–Kier alpha value is -2.11. The fourth-order valence-electron chi connectivity index (χ4n) is 1.43. The summed E-state index contributed by atoms with van der Waals surface area (Å²) in [6, 6.07) is 4.37. The van der Waals surface area contributed by atoms with E-state index in [0.29, 0.717) is 5.56 Å². The monoisotopic (exact) mass is 269 g/mol. The van der Waals surface area contributed by atoms with E-state index in [1.807, 2.05) is 0 Å². The maximum Gasteiger partial charge on any atom is 0.315 e. The largest absolute Gasteiger partial charge is 0.494 e. The molecule has 0 bridgehead atoms. The molecule has 0 aliphatic carbocycles. The van der Waals surface area contributed by atoms with E-state index in [2.05, 4.69) is 10.1 Å². The van der Waals surface area contributed by atoms with Gasteiger partial charge in [0.2, 0.25) is 5.91 Å². The number of rotatable bonds is 6. The lowest BCUT2D eigenvalue weighted by Crippen LogP contribution is -2.26. The summed E-state index contributed by atoms with van der Waals surface area (Å²) in [5, 5.41) is 2.51. The zero-order chi connectivity index (χ0) is 14.3. The van der Waals surface area contributed by atoms with Crippen molar-refractivity contribution in [2.45, 2.75) is 19.9 Å². The molecule has 1 aromatic rings. The Morgan fingerprint density at radius 1 is 1.37 bits per heavy atom. The summed E-state index contributed by atoms with van der Waals surface area (Å²) in [6.45, 7) is 2.03. The number of methoxy groups -OCH3 is 1. The Labute approximate surface area is 110 Å². The minimum absolute atomic E-state index is 0.138. The first-order chi connectivity index (χ1) is 9.06. The summed E-state index contributed by atoms with van der Waals surface area (Å²) in [5.74, 6) is -1.41. The molecule has 0 heterocycles. The summed E-state index contributed by atoms with van der Waals surface area (Å²) in [4.78, 5) is 22.4. The van der Waals surface area contributed by atoms with Crippen LogP contribution in [0.3, 0.4) is 0 Å². The van der Waals surface area contributed by atoms with Crippen molar-refractivity contribution in [3.8, 4) is 5.75 Å². The molecular weight excluding hydrogens is 253 g/mol. The van der Waals surface area contributed by atoms with Crippen LogP contribution in [0.25, 0.3) is 0 Å². The third-order valence-corrected chi connectivity index (χ3v) is 2.32. The second kappa shape index (κ2) is 7.35. The Morgan fingerprint density at radius 3 is 2.68 bits per heavy atom. The number of carbonyl (C=O) groups is 2. The van der Waals surface area contributed by atoms with E-state index in [4.69, 9.17) is 4.74 Å². The first-order valence-electron chi connectivity index (χ1n) is 5.81. The summed E-state index contributed by atoms with van der Waals surface area (Å²) in [6.07, 6.45) is -0.341. The van der Waals surface area contributed by atoms with E-state index in [0.717, 1.165) is 0 Å². The highest BCUT2D eigenvalue weighted by molar-refractivity contribution is 5.94. The SMILES string of the molecule is CCOC(=O)CC(=O)NCc1ccc(OC)c(F)c1. The molecule has 0 fully saturated rings. The van der Waals surface area contributed by atoms with Gasteiger partial charge in [-0.15, -0.1) is 0 Å². The molecule has 0 unspecified atom stereocenters. The van der Waals surface area contributed by atoms with Gasteiger partial charge in [-0.05, 0) is 24.6 Å². The van der Waals surface area contributed by atoms with Gasteiger partial charge in [0.1, 0.15) is 6.42 Å². The average molecular weight is 269 g/mol. The molecular formula is C13H16FNO4. The van der Waals surface area contributed by atoms with Gasteiger partial charge in [0.25, 0.3) is 0 Å². The lowest BCUT2D eigenvalue weighted by molar-refractivity contribution is -0.146. The molecule has 6 heteroatoms. The molecule has 0 spiro atoms. The third kappa shape index (κ3) is 4.95. The zero-order valence-electron chi connectivity index (χ0n) is 10.9. The molecule has 19 heavy (non-hydrogen) atoms. The number of amides is 1. The average Bonchev–Trinajstić information content (AvgIpc) is 2.36. The van der Waals surface area contributed by atoms with E-state index in [9.17, 15) is 14.0 Å². The van der Waals surface area contributed by atoms with E-state index >= 15 is 0 Å². The molecule has 0 aliphatic heterocycles. The third-order valence-electron chi connectivity index (χ3n) is 2.32. The van der Waals surface area contributed by atoms with Crippen LogP contribution in [0.15, 0.2) is 18.2 Å². The molecule has 1 aromatic carbocycles. The molecule has 1 N–H and O–H groups in total. The van der Waals surface area contributed by atoms with E-state index in [1.54, 1.807) is 13.0 Å². The molecule has 104 valence electrons. The lowest BCUT2D eigenvalue weighted by Gasteiger charge is -2.07. The summed E-state index contributed by atoms with van der Waals surface area (Å²) >= 11 is 0. The second-order valence-electron chi connectivity index (χ2n) is 3.73. The van der Waals surface area contributed by atoms with Gasteiger partial charge in [-0.2, -0.15) is 0 Å². The molecule has 1 rings (SSSR count). The number of halogens is 1. The number of carbonyl (C=O) groups excluding carboxylic acids is 2. The van der Waals surface area contributed by atoms with Gasteiger partial charge >= 0.3 is 5.97 Å². The number of hydrogen-bond donors (Lipinski definition) is 1. The van der Waals surface area contributed by atoms with Crippen LogP contribution in [0.2, 0.25) is 0 Å². The normalized spacial score (nSPS) is 9.84. The second-order valence-corrected chi connectivity index (χ2v) is 3.73. The van der Waals surface area contributed by atoms with Crippen molar-refractivity contribution in [3.63, 3.8) is 0 Å². The van der Waals surface area contributed by atoms with E-state index in [-0.39, 0.29) is 25.3 Å². The quantitative estimate of drug-likeness (QED) is 0.626. The number of hydrogen-bond acceptors (Lipinski definition) is 4. The first kappa shape index (κ1) is 14.9. The summed E-state index contributed by atoms with van der Waals surface area (Å²) < 4.78 is 22.8. The molecule has 0 radical (unpaired) electrons. The molecule has 0 aliphatic rings. The van der Waals surface area contributed by atoms with Crippen LogP contribution in [-0.4, -0.2) is 25.6 Å². The van der Waals surface area contributed by atoms with Crippen molar-refractivity contribution in [2.75, 3.05) is 13.7 Å². The molecule has 0 saturated carbocycles. The van der Waals surface area contributed by atoms with Gasteiger partial charge in [0.15, 0.2) is 11.6 Å². The van der Waals surface area contributed by atoms with Crippen molar-refractivity contribution in [1.29, 1.82) is 0 Å². The van der Waals surface area contributed by atoms with Crippen LogP contribution in [0.1, 0.15) is 18.9 Å². The van der Waals surface area contributed by atoms with Gasteiger partial charge in [0.05, 0.1) is 13.7 Å². The van der Waals surface area contributed by atoms with Crippen molar-refractivity contribution >= 4 is 11.9 Å². The topological polar surface area (TPSA) is 64.6 Å². The Morgan fingerprint density at radius 2 is 2.11 bits per heavy atom. The number of esters is 1. The zero-order valence-corrected chi connectivity index (χ0v) is 10.9. The van der Waals surface area contributed by atoms with Crippen LogP contribution in [-0.2, 0) is 20.9 Å². The van der Waals surface area contributed by atoms with E-state index in [1.165, 1.54) is 19.2 Å². The fraction of sp³-hybridized carbons (Fsp3) is 0.385. The lowest BCUT2D eigenvalue weighted by atomic mass is 10.2. The minimum Gasteiger partial charge on any atom is -0.494 e. The van der Waals surface area contributed by atoms with Gasteiger partial charge in [-0.1, -0.05) is 6.07 Å². The van der Waals surface area contributed by atoms with Gasteiger partial charge in [0, 0.05) is 6.54 Å². The van der Waals surface area contributed by atoms with E-state index < -0.39 is 17.7 Å². The van der Waals surface area contributed by atoms with Gasteiger partial charge in [-0.25, -0.2) is 4.39 Å². The van der Waals surface area contributed by atoms with Crippen LogP contribution in [0.4, 0.5) is 4.39 Å². The molecule has 0 atom stereocenters. The minimum atomic E-state index is -0.582. The predicted octanol–water partition coefficient (Wildman–Crippen LogP) is 1.40. The number of benzene rings is 1. The van der Waals surface area contributed by atoms with Gasteiger partial charge < -0.3 is 14.8 Å². The Balaban J connectivity index is 2.46. The highest BCUT2D eigenvalue weighted by atomic mass is 19.1. The van der Waals surface area contributed by atoms with Gasteiger partial charge in [-0.3, -0.25) is 9.59 Å². The van der Waals surface area contributed by atoms with Crippen LogP contribution in [0.5, 0.6) is 5.75 Å². The Kier molecular flexibility index (Phi) is 5.78. The smallest absolute Gasteiger partial charge is 0.315 e. The molecule has 5 nitrogen and oxygen atoms in total. The molecule has 0 saturated heterocycles. The van der Waals surface area contributed by atoms with Crippen LogP contribution in [0, 0.1) is 5.82 Å². The summed E-state index contributed by atoms with van der Waals surface area (Å²) in [7, 11) is 1.37. The standard InChI is InChI=1S/C13H16FNO4/c1-3-19-13(17)7-12(16)15-8-9-4-5-11(18-2)10(14)6-9/h4-6H,3,7-8H2,1-2H3,(H,15,16). The molecule has 1 amide bonds. The molecule has 0 aromatic heterocycles. The number of ether oxygens (including phenoxy) is 2. The maximum atomic E-state index is 13.4. The maximum absolute atomic E-state index is 13.4. The highest BCUT2D eigenvalue weighted by Gasteiger charge is 2.10. The first-order valence-corrected chi connectivity index (χ1v) is 5.81. The van der Waals surface area contributed by atoms with Crippen molar-refractivity contribution < 1.29 is 23.5 Å².